The highest BCUT2D eigenvalue weighted by atomic mass is 16.7. The van der Waals surface area contributed by atoms with Gasteiger partial charge in [0, 0.05) is 13.2 Å². The van der Waals surface area contributed by atoms with Crippen LogP contribution in [0.25, 0.3) is 0 Å². The van der Waals surface area contributed by atoms with Gasteiger partial charge in [0.1, 0.15) is 13.6 Å². The van der Waals surface area contributed by atoms with Crippen LogP contribution in [0.1, 0.15) is 90.9 Å². The Morgan fingerprint density at radius 2 is 1.03 bits per heavy atom. The molecule has 0 heterocycles. The molecule has 2 N–H and O–H groups in total. The van der Waals surface area contributed by atoms with Crippen LogP contribution in [0.2, 0.25) is 0 Å². The lowest BCUT2D eigenvalue weighted by Gasteiger charge is -2.19. The van der Waals surface area contributed by atoms with E-state index in [4.69, 9.17) is 24.4 Å². The van der Waals surface area contributed by atoms with Gasteiger partial charge in [-0.05, 0) is 51.4 Å². The third-order valence-electron chi connectivity index (χ3n) is 4.77. The summed E-state index contributed by atoms with van der Waals surface area (Å²) in [5.41, 5.74) is 0. The lowest BCUT2D eigenvalue weighted by atomic mass is 10.1. The molecule has 0 aromatic rings. The second-order valence-electron chi connectivity index (χ2n) is 7.42. The van der Waals surface area contributed by atoms with E-state index in [0.29, 0.717) is 0 Å². The Labute approximate surface area is 179 Å². The second-order valence-corrected chi connectivity index (χ2v) is 7.42. The van der Waals surface area contributed by atoms with Crippen LogP contribution >= 0.6 is 0 Å². The van der Waals surface area contributed by atoms with Crippen LogP contribution < -0.4 is 0 Å². The minimum Gasteiger partial charge on any atom is -0.396 e. The van der Waals surface area contributed by atoms with Crippen molar-refractivity contribution >= 4 is 0 Å². The topological polar surface area (TPSA) is 68.2 Å². The number of rotatable bonds is 22. The summed E-state index contributed by atoms with van der Waals surface area (Å²) in [6.07, 6.45) is 20.8. The Bertz CT molecular complexity index is 336. The van der Waals surface area contributed by atoms with Crippen LogP contribution in [0.4, 0.5) is 0 Å². The number of hydrogen-bond acceptors (Lipinski definition) is 5. The van der Waals surface area contributed by atoms with E-state index in [-0.39, 0.29) is 39.0 Å². The van der Waals surface area contributed by atoms with E-state index < -0.39 is 0 Å². The first-order valence-corrected chi connectivity index (χ1v) is 11.6. The van der Waals surface area contributed by atoms with E-state index in [1.54, 1.807) is 0 Å². The minimum atomic E-state index is 0.207. The largest absolute Gasteiger partial charge is 0.396 e. The van der Waals surface area contributed by atoms with Crippen molar-refractivity contribution in [3.63, 3.8) is 0 Å². The quantitative estimate of drug-likeness (QED) is 0.139. The number of unbranched alkanes of at least 4 members (excludes halogenated alkanes) is 2. The summed E-state index contributed by atoms with van der Waals surface area (Å²) in [6.45, 7) is 5.34. The molecule has 2 unspecified atom stereocenters. The molecule has 0 bridgehead atoms. The summed E-state index contributed by atoms with van der Waals surface area (Å²) in [6, 6.07) is 0. The van der Waals surface area contributed by atoms with Crippen LogP contribution in [0, 0.1) is 0 Å². The molecule has 29 heavy (non-hydrogen) atoms. The van der Waals surface area contributed by atoms with E-state index in [1.165, 1.54) is 0 Å². The van der Waals surface area contributed by atoms with Gasteiger partial charge in [0.25, 0.3) is 0 Å². The van der Waals surface area contributed by atoms with Gasteiger partial charge in [-0.25, -0.2) is 0 Å². The summed E-state index contributed by atoms with van der Waals surface area (Å²) < 4.78 is 17.4. The van der Waals surface area contributed by atoms with Crippen molar-refractivity contribution < 1.29 is 24.4 Å². The summed E-state index contributed by atoms with van der Waals surface area (Å²) in [7, 11) is 0. The average Bonchev–Trinajstić information content (AvgIpc) is 2.73. The Morgan fingerprint density at radius 3 is 1.41 bits per heavy atom. The highest BCUT2D eigenvalue weighted by Crippen LogP contribution is 2.14. The summed E-state index contributed by atoms with van der Waals surface area (Å²) in [4.78, 5) is 0. The minimum absolute atomic E-state index is 0.207. The zero-order valence-electron chi connectivity index (χ0n) is 18.9. The molecule has 0 aliphatic rings. The van der Waals surface area contributed by atoms with Crippen molar-refractivity contribution in [2.45, 2.75) is 103 Å². The summed E-state index contributed by atoms with van der Waals surface area (Å²) in [5.74, 6) is 0. The zero-order chi connectivity index (χ0) is 21.4. The normalized spacial score (nSPS) is 14.2. The Hall–Kier alpha value is -0.720. The van der Waals surface area contributed by atoms with E-state index in [9.17, 15) is 0 Å². The van der Waals surface area contributed by atoms with Crippen LogP contribution in [0.5, 0.6) is 0 Å². The molecule has 0 saturated carbocycles. The van der Waals surface area contributed by atoms with Gasteiger partial charge in [-0.2, -0.15) is 0 Å². The number of aliphatic hydroxyl groups excluding tert-OH is 2. The highest BCUT2D eigenvalue weighted by molar-refractivity contribution is 4.83. The lowest BCUT2D eigenvalue weighted by Crippen LogP contribution is -2.19. The van der Waals surface area contributed by atoms with Crippen molar-refractivity contribution in [2.24, 2.45) is 0 Å². The molecule has 172 valence electrons. The maximum Gasteiger partial charge on any atom is 0.149 e. The van der Waals surface area contributed by atoms with E-state index >= 15 is 0 Å². The van der Waals surface area contributed by atoms with Crippen molar-refractivity contribution in [3.05, 3.63) is 24.3 Å². The SMILES string of the molecule is CCCCC(CC/C=C\CCO)OCOCOC(CC/C=C\CCO)CCCC. The van der Waals surface area contributed by atoms with Gasteiger partial charge in [-0.3, -0.25) is 0 Å². The molecule has 5 heteroatoms. The van der Waals surface area contributed by atoms with Crippen LogP contribution in [0.3, 0.4) is 0 Å². The number of hydrogen-bond donors (Lipinski definition) is 2. The van der Waals surface area contributed by atoms with E-state index in [0.717, 1.165) is 77.0 Å². The number of allylic oxidation sites excluding steroid dienone is 2. The van der Waals surface area contributed by atoms with Crippen molar-refractivity contribution in [1.29, 1.82) is 0 Å². The molecule has 0 saturated heterocycles. The summed E-state index contributed by atoms with van der Waals surface area (Å²) in [5, 5.41) is 17.6. The molecular formula is C24H46O5. The number of aliphatic hydroxyl groups is 2. The van der Waals surface area contributed by atoms with Gasteiger partial charge >= 0.3 is 0 Å². The van der Waals surface area contributed by atoms with Gasteiger partial charge in [0.2, 0.25) is 0 Å². The van der Waals surface area contributed by atoms with E-state index in [2.05, 4.69) is 26.0 Å². The molecule has 0 aliphatic heterocycles. The highest BCUT2D eigenvalue weighted by Gasteiger charge is 2.10. The predicted octanol–water partition coefficient (Wildman–Crippen LogP) is 5.51. The summed E-state index contributed by atoms with van der Waals surface area (Å²) >= 11 is 0. The Balaban J connectivity index is 4.06. The van der Waals surface area contributed by atoms with Crippen molar-refractivity contribution in [2.75, 3.05) is 26.8 Å². The molecule has 0 amide bonds. The third kappa shape index (κ3) is 20.3. The molecule has 2 atom stereocenters. The van der Waals surface area contributed by atoms with Crippen LogP contribution in [0.15, 0.2) is 24.3 Å². The molecule has 0 aromatic heterocycles. The fraction of sp³-hybridized carbons (Fsp3) is 0.833. The average molecular weight is 415 g/mol. The van der Waals surface area contributed by atoms with Crippen LogP contribution in [-0.2, 0) is 14.2 Å². The molecule has 0 radical (unpaired) electrons. The molecule has 0 aromatic carbocycles. The van der Waals surface area contributed by atoms with Gasteiger partial charge in [0.05, 0.1) is 12.2 Å². The maximum atomic E-state index is 8.81. The fourth-order valence-electron chi connectivity index (χ4n) is 2.99. The van der Waals surface area contributed by atoms with Gasteiger partial charge < -0.3 is 24.4 Å². The molecular weight excluding hydrogens is 368 g/mol. The fourth-order valence-corrected chi connectivity index (χ4v) is 2.99. The maximum absolute atomic E-state index is 8.81. The first-order chi connectivity index (χ1) is 14.3. The van der Waals surface area contributed by atoms with Crippen LogP contribution in [-0.4, -0.2) is 49.2 Å². The van der Waals surface area contributed by atoms with Gasteiger partial charge in [-0.1, -0.05) is 63.8 Å². The molecule has 0 fully saturated rings. The molecule has 0 aliphatic carbocycles. The monoisotopic (exact) mass is 414 g/mol. The lowest BCUT2D eigenvalue weighted by molar-refractivity contribution is -0.167. The standard InChI is InChI=1S/C24H46O5/c1-3-5-15-23(17-11-7-9-13-19-25)28-21-27-22-29-24(16-6-4-2)18-12-8-10-14-20-26/h7-10,23-26H,3-6,11-22H2,1-2H3/b9-7-,10-8-. The number of ether oxygens (including phenoxy) is 3. The van der Waals surface area contributed by atoms with Gasteiger partial charge in [0.15, 0.2) is 0 Å². The first kappa shape index (κ1) is 28.3. The Morgan fingerprint density at radius 1 is 0.621 bits per heavy atom. The molecule has 5 nitrogen and oxygen atoms in total. The molecule has 0 rings (SSSR count). The predicted molar refractivity (Wildman–Crippen MR) is 120 cm³/mol. The van der Waals surface area contributed by atoms with Crippen molar-refractivity contribution in [3.8, 4) is 0 Å². The van der Waals surface area contributed by atoms with Crippen molar-refractivity contribution in [1.82, 2.24) is 0 Å². The smallest absolute Gasteiger partial charge is 0.149 e. The first-order valence-electron chi connectivity index (χ1n) is 11.6. The van der Waals surface area contributed by atoms with E-state index in [1.807, 2.05) is 12.2 Å². The third-order valence-corrected chi connectivity index (χ3v) is 4.77. The second kappa shape index (κ2) is 23.6. The Kier molecular flexibility index (Phi) is 23.0. The zero-order valence-corrected chi connectivity index (χ0v) is 18.9. The molecule has 0 spiro atoms. The van der Waals surface area contributed by atoms with Gasteiger partial charge in [-0.15, -0.1) is 0 Å².